The number of hydrogen-bond donors (Lipinski definition) is 0. The Morgan fingerprint density at radius 2 is 1.40 bits per heavy atom. The standard InChI is InChI=1S/C14H23N/c1-14(2,3)10-12-6-8-13(9-7-12)11-15(4)5/h6-9H,10-11H2,1-5H3. The second-order valence-corrected chi connectivity index (χ2v) is 5.79. The first-order valence-electron chi connectivity index (χ1n) is 5.59. The molecule has 0 amide bonds. The summed E-state index contributed by atoms with van der Waals surface area (Å²) in [6.45, 7) is 7.86. The third kappa shape index (κ3) is 4.98. The highest BCUT2D eigenvalue weighted by atomic mass is 15.0. The largest absolute Gasteiger partial charge is 0.305 e. The van der Waals surface area contributed by atoms with Crippen molar-refractivity contribution in [2.45, 2.75) is 33.7 Å². The molecule has 0 saturated carbocycles. The lowest BCUT2D eigenvalue weighted by atomic mass is 9.88. The van der Waals surface area contributed by atoms with E-state index in [0.717, 1.165) is 13.0 Å². The molecule has 0 aliphatic carbocycles. The fraction of sp³-hybridized carbons (Fsp3) is 0.571. The fourth-order valence-electron chi connectivity index (χ4n) is 1.74. The maximum Gasteiger partial charge on any atom is 0.0227 e. The highest BCUT2D eigenvalue weighted by Crippen LogP contribution is 2.20. The van der Waals surface area contributed by atoms with Crippen LogP contribution in [0.5, 0.6) is 0 Å². The lowest BCUT2D eigenvalue weighted by Gasteiger charge is -2.18. The quantitative estimate of drug-likeness (QED) is 0.731. The second kappa shape index (κ2) is 4.80. The van der Waals surface area contributed by atoms with Crippen LogP contribution in [0.1, 0.15) is 31.9 Å². The third-order valence-electron chi connectivity index (χ3n) is 2.26. The van der Waals surface area contributed by atoms with Gasteiger partial charge in [-0.1, -0.05) is 45.0 Å². The Morgan fingerprint density at radius 3 is 1.80 bits per heavy atom. The maximum atomic E-state index is 2.28. The first-order valence-corrected chi connectivity index (χ1v) is 5.59. The number of nitrogens with zero attached hydrogens (tertiary/aromatic N) is 1. The molecule has 0 aromatic heterocycles. The molecule has 0 N–H and O–H groups in total. The van der Waals surface area contributed by atoms with Crippen molar-refractivity contribution in [2.75, 3.05) is 14.1 Å². The molecule has 0 radical (unpaired) electrons. The van der Waals surface area contributed by atoms with Crippen molar-refractivity contribution in [3.8, 4) is 0 Å². The van der Waals surface area contributed by atoms with Gasteiger partial charge in [0.05, 0.1) is 0 Å². The van der Waals surface area contributed by atoms with E-state index in [1.807, 2.05) is 0 Å². The van der Waals surface area contributed by atoms with E-state index < -0.39 is 0 Å². The van der Waals surface area contributed by atoms with E-state index in [0.29, 0.717) is 5.41 Å². The van der Waals surface area contributed by atoms with Crippen molar-refractivity contribution in [1.29, 1.82) is 0 Å². The molecule has 0 aliphatic heterocycles. The van der Waals surface area contributed by atoms with Crippen molar-refractivity contribution < 1.29 is 0 Å². The van der Waals surface area contributed by atoms with Gasteiger partial charge in [-0.25, -0.2) is 0 Å². The van der Waals surface area contributed by atoms with Gasteiger partial charge in [-0.3, -0.25) is 0 Å². The molecule has 0 aliphatic rings. The van der Waals surface area contributed by atoms with E-state index in [1.54, 1.807) is 0 Å². The molecule has 1 heteroatoms. The Hall–Kier alpha value is -0.820. The predicted molar refractivity (Wildman–Crippen MR) is 67.0 cm³/mol. The molecule has 84 valence electrons. The summed E-state index contributed by atoms with van der Waals surface area (Å²) in [5, 5.41) is 0. The van der Waals surface area contributed by atoms with Gasteiger partial charge in [-0.15, -0.1) is 0 Å². The highest BCUT2D eigenvalue weighted by Gasteiger charge is 2.10. The van der Waals surface area contributed by atoms with Crippen LogP contribution in [0.3, 0.4) is 0 Å². The average Bonchev–Trinajstić information content (AvgIpc) is 2.05. The van der Waals surface area contributed by atoms with Gasteiger partial charge in [0.25, 0.3) is 0 Å². The molecule has 0 saturated heterocycles. The van der Waals surface area contributed by atoms with Crippen LogP contribution in [0, 0.1) is 5.41 Å². The topological polar surface area (TPSA) is 3.24 Å². The molecule has 0 unspecified atom stereocenters. The Kier molecular flexibility index (Phi) is 3.92. The molecule has 0 fully saturated rings. The average molecular weight is 205 g/mol. The monoisotopic (exact) mass is 205 g/mol. The van der Waals surface area contributed by atoms with Crippen molar-refractivity contribution in [2.24, 2.45) is 5.41 Å². The number of benzene rings is 1. The zero-order chi connectivity index (χ0) is 11.5. The van der Waals surface area contributed by atoms with Gasteiger partial charge in [0.1, 0.15) is 0 Å². The summed E-state index contributed by atoms with van der Waals surface area (Å²) in [7, 11) is 4.20. The molecular formula is C14H23N. The molecule has 0 spiro atoms. The van der Waals surface area contributed by atoms with E-state index >= 15 is 0 Å². The summed E-state index contributed by atoms with van der Waals surface area (Å²) in [5.74, 6) is 0. The minimum atomic E-state index is 0.378. The van der Waals surface area contributed by atoms with Crippen molar-refractivity contribution in [1.82, 2.24) is 4.90 Å². The Morgan fingerprint density at radius 1 is 0.933 bits per heavy atom. The van der Waals surface area contributed by atoms with Gasteiger partial charge >= 0.3 is 0 Å². The minimum absolute atomic E-state index is 0.378. The van der Waals surface area contributed by atoms with Gasteiger partial charge in [0.2, 0.25) is 0 Å². The van der Waals surface area contributed by atoms with Crippen LogP contribution >= 0.6 is 0 Å². The van der Waals surface area contributed by atoms with E-state index in [9.17, 15) is 0 Å². The zero-order valence-corrected chi connectivity index (χ0v) is 10.7. The lowest BCUT2D eigenvalue weighted by molar-refractivity contribution is 0.401. The Bertz CT molecular complexity index is 290. The van der Waals surface area contributed by atoms with E-state index in [-0.39, 0.29) is 0 Å². The second-order valence-electron chi connectivity index (χ2n) is 5.79. The van der Waals surface area contributed by atoms with Crippen LogP contribution in [0.4, 0.5) is 0 Å². The van der Waals surface area contributed by atoms with Crippen LogP contribution in [0.25, 0.3) is 0 Å². The van der Waals surface area contributed by atoms with Crippen LogP contribution in [0.15, 0.2) is 24.3 Å². The van der Waals surface area contributed by atoms with Crippen molar-refractivity contribution >= 4 is 0 Å². The van der Waals surface area contributed by atoms with Crippen molar-refractivity contribution in [3.63, 3.8) is 0 Å². The SMILES string of the molecule is CN(C)Cc1ccc(CC(C)(C)C)cc1. The molecule has 1 aromatic carbocycles. The summed E-state index contributed by atoms with van der Waals surface area (Å²) < 4.78 is 0. The highest BCUT2D eigenvalue weighted by molar-refractivity contribution is 5.23. The van der Waals surface area contributed by atoms with Gasteiger partial charge in [-0.2, -0.15) is 0 Å². The molecule has 1 aromatic rings. The number of hydrogen-bond acceptors (Lipinski definition) is 1. The lowest BCUT2D eigenvalue weighted by Crippen LogP contribution is -2.11. The van der Waals surface area contributed by atoms with E-state index in [2.05, 4.69) is 64.0 Å². The molecule has 15 heavy (non-hydrogen) atoms. The van der Waals surface area contributed by atoms with Gasteiger partial charge in [0, 0.05) is 6.54 Å². The Labute approximate surface area is 94.1 Å². The molecule has 0 heterocycles. The summed E-state index contributed by atoms with van der Waals surface area (Å²) in [6.07, 6.45) is 1.15. The third-order valence-corrected chi connectivity index (χ3v) is 2.26. The Balaban J connectivity index is 2.64. The van der Waals surface area contributed by atoms with Crippen LogP contribution in [0.2, 0.25) is 0 Å². The predicted octanol–water partition coefficient (Wildman–Crippen LogP) is 3.34. The fourth-order valence-corrected chi connectivity index (χ4v) is 1.74. The van der Waals surface area contributed by atoms with Gasteiger partial charge in [-0.05, 0) is 37.1 Å². The van der Waals surface area contributed by atoms with E-state index in [4.69, 9.17) is 0 Å². The molecule has 1 nitrogen and oxygen atoms in total. The summed E-state index contributed by atoms with van der Waals surface area (Å²) in [4.78, 5) is 2.19. The summed E-state index contributed by atoms with van der Waals surface area (Å²) in [6, 6.07) is 8.98. The van der Waals surface area contributed by atoms with E-state index in [1.165, 1.54) is 11.1 Å². The molecule has 0 bridgehead atoms. The van der Waals surface area contributed by atoms with Crippen molar-refractivity contribution in [3.05, 3.63) is 35.4 Å². The van der Waals surface area contributed by atoms with Crippen LogP contribution in [-0.4, -0.2) is 19.0 Å². The minimum Gasteiger partial charge on any atom is -0.305 e. The smallest absolute Gasteiger partial charge is 0.0227 e. The molecule has 1 rings (SSSR count). The van der Waals surface area contributed by atoms with Crippen LogP contribution in [-0.2, 0) is 13.0 Å². The normalized spacial score (nSPS) is 12.1. The number of rotatable bonds is 3. The first kappa shape index (κ1) is 12.3. The maximum absolute atomic E-state index is 2.28. The first-order chi connectivity index (χ1) is 6.87. The molecular weight excluding hydrogens is 182 g/mol. The van der Waals surface area contributed by atoms with Gasteiger partial charge < -0.3 is 4.90 Å². The van der Waals surface area contributed by atoms with Crippen LogP contribution < -0.4 is 0 Å². The summed E-state index contributed by atoms with van der Waals surface area (Å²) in [5.41, 5.74) is 3.20. The zero-order valence-electron chi connectivity index (χ0n) is 10.7. The molecule has 0 atom stereocenters. The summed E-state index contributed by atoms with van der Waals surface area (Å²) >= 11 is 0. The van der Waals surface area contributed by atoms with Gasteiger partial charge in [0.15, 0.2) is 0 Å².